The topological polar surface area (TPSA) is 53.3 Å². The third-order valence-electron chi connectivity index (χ3n) is 3.65. The Morgan fingerprint density at radius 2 is 2.35 bits per heavy atom. The molecule has 2 rings (SSSR count). The zero-order chi connectivity index (χ0) is 14.5. The average molecular weight is 272 g/mol. The zero-order valence-corrected chi connectivity index (χ0v) is 12.1. The molecule has 1 aromatic rings. The number of hydrogen-bond donors (Lipinski definition) is 0. The van der Waals surface area contributed by atoms with Gasteiger partial charge in [-0.1, -0.05) is 6.07 Å². The third kappa shape index (κ3) is 3.11. The first kappa shape index (κ1) is 14.4. The number of benzene rings is 1. The van der Waals surface area contributed by atoms with E-state index in [1.54, 1.807) is 0 Å². The highest BCUT2D eigenvalue weighted by Gasteiger charge is 2.27. The van der Waals surface area contributed by atoms with Crippen molar-refractivity contribution in [2.75, 3.05) is 24.6 Å². The summed E-state index contributed by atoms with van der Waals surface area (Å²) in [6, 6.07) is 8.11. The molecule has 1 heterocycles. The minimum atomic E-state index is -0.122. The van der Waals surface area contributed by atoms with Crippen LogP contribution in [0.2, 0.25) is 0 Å². The lowest BCUT2D eigenvalue weighted by Crippen LogP contribution is -2.39. The van der Waals surface area contributed by atoms with Crippen LogP contribution in [0.5, 0.6) is 0 Å². The van der Waals surface area contributed by atoms with Gasteiger partial charge in [-0.2, -0.15) is 5.26 Å². The van der Waals surface area contributed by atoms with Crippen LogP contribution < -0.4 is 4.90 Å². The monoisotopic (exact) mass is 272 g/mol. The lowest BCUT2D eigenvalue weighted by atomic mass is 9.96. The number of ether oxygens (including phenoxy) is 1. The van der Waals surface area contributed by atoms with E-state index in [0.717, 1.165) is 30.6 Å². The van der Waals surface area contributed by atoms with Crippen LogP contribution in [0.1, 0.15) is 30.9 Å². The normalized spacial score (nSPS) is 18.4. The number of piperidine rings is 1. The van der Waals surface area contributed by atoms with Gasteiger partial charge in [0.15, 0.2) is 0 Å². The molecule has 1 aromatic carbocycles. The molecule has 4 heteroatoms. The molecule has 1 fully saturated rings. The summed E-state index contributed by atoms with van der Waals surface area (Å²) in [5.41, 5.74) is 2.67. The van der Waals surface area contributed by atoms with Crippen molar-refractivity contribution in [1.82, 2.24) is 0 Å². The Morgan fingerprint density at radius 1 is 1.55 bits per heavy atom. The van der Waals surface area contributed by atoms with Crippen molar-refractivity contribution in [2.24, 2.45) is 5.92 Å². The number of aryl methyl sites for hydroxylation is 1. The van der Waals surface area contributed by atoms with Crippen LogP contribution in [-0.2, 0) is 9.53 Å². The molecular formula is C16H20N2O2. The average Bonchev–Trinajstić information content (AvgIpc) is 2.47. The first-order valence-electron chi connectivity index (χ1n) is 7.08. The molecule has 0 bridgehead atoms. The second-order valence-electron chi connectivity index (χ2n) is 5.17. The maximum absolute atomic E-state index is 11.9. The summed E-state index contributed by atoms with van der Waals surface area (Å²) in [6.45, 7) is 5.74. The van der Waals surface area contributed by atoms with Crippen molar-refractivity contribution in [3.8, 4) is 6.07 Å². The summed E-state index contributed by atoms with van der Waals surface area (Å²) in [6.07, 6.45) is 1.81. The van der Waals surface area contributed by atoms with Crippen molar-refractivity contribution >= 4 is 11.7 Å². The third-order valence-corrected chi connectivity index (χ3v) is 3.65. The van der Waals surface area contributed by atoms with E-state index in [1.165, 1.54) is 0 Å². The van der Waals surface area contributed by atoms with E-state index in [9.17, 15) is 10.1 Å². The number of carbonyl (C=O) groups excluding carboxylic acids is 1. The number of nitrogens with zero attached hydrogens (tertiary/aromatic N) is 2. The highest BCUT2D eigenvalue weighted by atomic mass is 16.5. The Balaban J connectivity index is 2.17. The highest BCUT2D eigenvalue weighted by Crippen LogP contribution is 2.27. The molecule has 0 aliphatic carbocycles. The van der Waals surface area contributed by atoms with Gasteiger partial charge in [0.05, 0.1) is 23.8 Å². The number of anilines is 1. The molecule has 1 unspecified atom stereocenters. The van der Waals surface area contributed by atoms with Crippen molar-refractivity contribution < 1.29 is 9.53 Å². The van der Waals surface area contributed by atoms with Gasteiger partial charge in [0, 0.05) is 13.1 Å². The SMILES string of the molecule is CCOC(=O)C1CCCN(c2ccc(C)cc2C#N)C1. The van der Waals surface area contributed by atoms with Crippen LogP contribution in [-0.4, -0.2) is 25.7 Å². The summed E-state index contributed by atoms with van der Waals surface area (Å²) in [4.78, 5) is 14.0. The van der Waals surface area contributed by atoms with Gasteiger partial charge in [-0.25, -0.2) is 0 Å². The zero-order valence-electron chi connectivity index (χ0n) is 12.1. The summed E-state index contributed by atoms with van der Waals surface area (Å²) < 4.78 is 5.11. The van der Waals surface area contributed by atoms with Gasteiger partial charge in [-0.05, 0) is 44.4 Å². The van der Waals surface area contributed by atoms with Crippen molar-refractivity contribution in [2.45, 2.75) is 26.7 Å². The molecule has 0 saturated carbocycles. The molecule has 0 spiro atoms. The van der Waals surface area contributed by atoms with Crippen LogP contribution in [0.3, 0.4) is 0 Å². The Labute approximate surface area is 120 Å². The number of carbonyl (C=O) groups is 1. The standard InChI is InChI=1S/C16H20N2O2/c1-3-20-16(19)13-5-4-8-18(11-13)15-7-6-12(2)9-14(15)10-17/h6-7,9,13H,3-5,8,11H2,1-2H3. The summed E-state index contributed by atoms with van der Waals surface area (Å²) in [7, 11) is 0. The fourth-order valence-electron chi connectivity index (χ4n) is 2.66. The molecule has 0 radical (unpaired) electrons. The first-order valence-corrected chi connectivity index (χ1v) is 7.08. The van der Waals surface area contributed by atoms with Crippen molar-refractivity contribution in [3.63, 3.8) is 0 Å². The second-order valence-corrected chi connectivity index (χ2v) is 5.17. The Bertz CT molecular complexity index is 534. The van der Waals surface area contributed by atoms with Crippen LogP contribution in [0.4, 0.5) is 5.69 Å². The second kappa shape index (κ2) is 6.42. The minimum Gasteiger partial charge on any atom is -0.466 e. The van der Waals surface area contributed by atoms with E-state index in [0.29, 0.717) is 18.7 Å². The quantitative estimate of drug-likeness (QED) is 0.794. The van der Waals surface area contributed by atoms with Gasteiger partial charge in [0.1, 0.15) is 6.07 Å². The summed E-state index contributed by atoms with van der Waals surface area (Å²) >= 11 is 0. The van der Waals surface area contributed by atoms with Gasteiger partial charge in [0.2, 0.25) is 0 Å². The molecule has 1 saturated heterocycles. The lowest BCUT2D eigenvalue weighted by Gasteiger charge is -2.33. The fourth-order valence-corrected chi connectivity index (χ4v) is 2.66. The van der Waals surface area contributed by atoms with E-state index in [-0.39, 0.29) is 11.9 Å². The predicted octanol–water partition coefficient (Wildman–Crippen LogP) is 2.65. The molecule has 0 aromatic heterocycles. The van der Waals surface area contributed by atoms with Gasteiger partial charge in [0.25, 0.3) is 0 Å². The molecule has 0 N–H and O–H groups in total. The van der Waals surface area contributed by atoms with Gasteiger partial charge in [-0.3, -0.25) is 4.79 Å². The number of esters is 1. The van der Waals surface area contributed by atoms with Crippen LogP contribution in [0.25, 0.3) is 0 Å². The van der Waals surface area contributed by atoms with E-state index < -0.39 is 0 Å². The van der Waals surface area contributed by atoms with Gasteiger partial charge < -0.3 is 9.64 Å². The largest absolute Gasteiger partial charge is 0.466 e. The van der Waals surface area contributed by atoms with Crippen LogP contribution in [0.15, 0.2) is 18.2 Å². The molecule has 0 amide bonds. The van der Waals surface area contributed by atoms with E-state index in [2.05, 4.69) is 11.0 Å². The van der Waals surface area contributed by atoms with Crippen molar-refractivity contribution in [3.05, 3.63) is 29.3 Å². The van der Waals surface area contributed by atoms with Crippen LogP contribution in [0, 0.1) is 24.2 Å². The van der Waals surface area contributed by atoms with Gasteiger partial charge in [-0.15, -0.1) is 0 Å². The Morgan fingerprint density at radius 3 is 3.05 bits per heavy atom. The molecule has 1 aliphatic rings. The number of nitriles is 1. The number of hydrogen-bond acceptors (Lipinski definition) is 4. The van der Waals surface area contributed by atoms with E-state index >= 15 is 0 Å². The maximum Gasteiger partial charge on any atom is 0.310 e. The number of rotatable bonds is 3. The summed E-state index contributed by atoms with van der Waals surface area (Å²) in [5.74, 6) is -0.209. The molecular weight excluding hydrogens is 252 g/mol. The molecule has 20 heavy (non-hydrogen) atoms. The Hall–Kier alpha value is -2.02. The smallest absolute Gasteiger partial charge is 0.310 e. The fraction of sp³-hybridized carbons (Fsp3) is 0.500. The van der Waals surface area contributed by atoms with E-state index in [4.69, 9.17) is 4.74 Å². The molecule has 106 valence electrons. The predicted molar refractivity (Wildman–Crippen MR) is 77.5 cm³/mol. The maximum atomic E-state index is 11.9. The highest BCUT2D eigenvalue weighted by molar-refractivity contribution is 5.74. The summed E-state index contributed by atoms with van der Waals surface area (Å²) in [5, 5.41) is 9.26. The molecule has 4 nitrogen and oxygen atoms in total. The van der Waals surface area contributed by atoms with Gasteiger partial charge >= 0.3 is 5.97 Å². The minimum absolute atomic E-state index is 0.0865. The molecule has 1 aliphatic heterocycles. The van der Waals surface area contributed by atoms with Crippen molar-refractivity contribution in [1.29, 1.82) is 5.26 Å². The first-order chi connectivity index (χ1) is 9.65. The van der Waals surface area contributed by atoms with E-state index in [1.807, 2.05) is 32.0 Å². The molecule has 1 atom stereocenters. The van der Waals surface area contributed by atoms with Crippen LogP contribution >= 0.6 is 0 Å². The lowest BCUT2D eigenvalue weighted by molar-refractivity contribution is -0.148. The Kier molecular flexibility index (Phi) is 4.62.